The lowest BCUT2D eigenvalue weighted by Gasteiger charge is -2.03. The van der Waals surface area contributed by atoms with Gasteiger partial charge in [-0.15, -0.1) is 0 Å². The summed E-state index contributed by atoms with van der Waals surface area (Å²) in [6, 6.07) is 9.29. The van der Waals surface area contributed by atoms with Gasteiger partial charge in [-0.1, -0.05) is 43.1 Å². The largest absolute Gasteiger partial charge is 0.220 e. The summed E-state index contributed by atoms with van der Waals surface area (Å²) in [5.74, 6) is 0.137. The fourth-order valence-electron chi connectivity index (χ4n) is 1.70. The lowest BCUT2D eigenvalue weighted by atomic mass is 10.1. The van der Waals surface area contributed by atoms with E-state index in [-0.39, 0.29) is 5.92 Å². The summed E-state index contributed by atoms with van der Waals surface area (Å²) in [4.78, 5) is 0. The van der Waals surface area contributed by atoms with Crippen LogP contribution in [0.25, 0.3) is 5.69 Å². The molecule has 1 aromatic carbocycles. The standard InChI is InChI=1S/C13H11Cl2N3/c1-8(2)12-11(7-16)13(15)18(17-12)10-5-3-4-9(14)6-10/h3-6,8H,1-2H3. The Morgan fingerprint density at radius 3 is 2.56 bits per heavy atom. The van der Waals surface area contributed by atoms with Gasteiger partial charge in [0.1, 0.15) is 11.6 Å². The highest BCUT2D eigenvalue weighted by atomic mass is 35.5. The van der Waals surface area contributed by atoms with Crippen LogP contribution in [0.15, 0.2) is 24.3 Å². The molecule has 0 atom stereocenters. The van der Waals surface area contributed by atoms with Gasteiger partial charge in [0.05, 0.1) is 11.4 Å². The first-order chi connectivity index (χ1) is 8.54. The molecule has 3 nitrogen and oxygen atoms in total. The second-order valence-corrected chi connectivity index (χ2v) is 5.00. The number of nitrogens with zero attached hydrogens (tertiary/aromatic N) is 3. The normalized spacial score (nSPS) is 10.7. The first kappa shape index (κ1) is 12.9. The van der Waals surface area contributed by atoms with Gasteiger partial charge in [0.2, 0.25) is 0 Å². The fraction of sp³-hybridized carbons (Fsp3) is 0.231. The summed E-state index contributed by atoms with van der Waals surface area (Å²) in [5, 5.41) is 14.5. The molecule has 1 aromatic heterocycles. The Morgan fingerprint density at radius 2 is 2.06 bits per heavy atom. The Morgan fingerprint density at radius 1 is 1.33 bits per heavy atom. The Labute approximate surface area is 116 Å². The second-order valence-electron chi connectivity index (χ2n) is 4.21. The van der Waals surface area contributed by atoms with Crippen LogP contribution in [0, 0.1) is 11.3 Å². The molecule has 0 spiro atoms. The molecule has 0 bridgehead atoms. The van der Waals surface area contributed by atoms with Crippen LogP contribution in [-0.4, -0.2) is 9.78 Å². The Hall–Kier alpha value is -1.50. The van der Waals surface area contributed by atoms with Crippen molar-refractivity contribution in [3.05, 3.63) is 45.7 Å². The van der Waals surface area contributed by atoms with Crippen LogP contribution in [0.2, 0.25) is 10.2 Å². The second kappa shape index (κ2) is 5.01. The van der Waals surface area contributed by atoms with Gasteiger partial charge in [0.15, 0.2) is 5.15 Å². The average molecular weight is 280 g/mol. The molecule has 0 aliphatic heterocycles. The highest BCUT2D eigenvalue weighted by molar-refractivity contribution is 6.31. The van der Waals surface area contributed by atoms with Crippen molar-refractivity contribution < 1.29 is 0 Å². The van der Waals surface area contributed by atoms with Crippen molar-refractivity contribution >= 4 is 23.2 Å². The molecule has 2 aromatic rings. The topological polar surface area (TPSA) is 41.6 Å². The Balaban J connectivity index is 2.63. The number of rotatable bonds is 2. The van der Waals surface area contributed by atoms with Crippen molar-refractivity contribution in [3.8, 4) is 11.8 Å². The summed E-state index contributed by atoms with van der Waals surface area (Å²) in [5.41, 5.74) is 1.87. The molecule has 92 valence electrons. The van der Waals surface area contributed by atoms with E-state index >= 15 is 0 Å². The van der Waals surface area contributed by atoms with Crippen LogP contribution in [0.3, 0.4) is 0 Å². The molecule has 0 saturated carbocycles. The van der Waals surface area contributed by atoms with E-state index in [0.717, 1.165) is 5.69 Å². The van der Waals surface area contributed by atoms with Crippen LogP contribution >= 0.6 is 23.2 Å². The molecule has 1 heterocycles. The third-order valence-corrected chi connectivity index (χ3v) is 3.15. The summed E-state index contributed by atoms with van der Waals surface area (Å²) in [7, 11) is 0. The summed E-state index contributed by atoms with van der Waals surface area (Å²) < 4.78 is 1.54. The molecule has 2 rings (SSSR count). The van der Waals surface area contributed by atoms with E-state index in [1.165, 1.54) is 0 Å². The van der Waals surface area contributed by atoms with Gasteiger partial charge in [0.25, 0.3) is 0 Å². The Kier molecular flexibility index (Phi) is 3.60. The van der Waals surface area contributed by atoms with E-state index in [0.29, 0.717) is 21.4 Å². The Bertz CT molecular complexity index is 624. The highest BCUT2D eigenvalue weighted by Crippen LogP contribution is 2.28. The van der Waals surface area contributed by atoms with Gasteiger partial charge < -0.3 is 0 Å². The monoisotopic (exact) mass is 279 g/mol. The fourth-order valence-corrected chi connectivity index (χ4v) is 2.16. The molecule has 0 saturated heterocycles. The molecule has 0 radical (unpaired) electrons. The average Bonchev–Trinajstić information content (AvgIpc) is 2.66. The number of nitriles is 1. The van der Waals surface area contributed by atoms with Gasteiger partial charge >= 0.3 is 0 Å². The van der Waals surface area contributed by atoms with E-state index < -0.39 is 0 Å². The van der Waals surface area contributed by atoms with Gasteiger partial charge in [-0.25, -0.2) is 4.68 Å². The van der Waals surface area contributed by atoms with Crippen molar-refractivity contribution in [1.29, 1.82) is 5.26 Å². The molecule has 5 heteroatoms. The molecule has 0 amide bonds. The molecule has 18 heavy (non-hydrogen) atoms. The van der Waals surface area contributed by atoms with Gasteiger partial charge in [-0.05, 0) is 24.1 Å². The quantitative estimate of drug-likeness (QED) is 0.828. The number of halogens is 2. The predicted molar refractivity (Wildman–Crippen MR) is 72.4 cm³/mol. The minimum Gasteiger partial charge on any atom is -0.220 e. The van der Waals surface area contributed by atoms with Crippen LogP contribution < -0.4 is 0 Å². The third kappa shape index (κ3) is 2.22. The van der Waals surface area contributed by atoms with E-state index in [1.807, 2.05) is 26.0 Å². The maximum Gasteiger partial charge on any atom is 0.150 e. The van der Waals surface area contributed by atoms with Gasteiger partial charge in [-0.3, -0.25) is 0 Å². The van der Waals surface area contributed by atoms with Crippen LogP contribution in [0.5, 0.6) is 0 Å². The van der Waals surface area contributed by atoms with Crippen molar-refractivity contribution in [3.63, 3.8) is 0 Å². The maximum atomic E-state index is 9.15. The predicted octanol–water partition coefficient (Wildman–Crippen LogP) is 4.17. The first-order valence-corrected chi connectivity index (χ1v) is 6.24. The van der Waals surface area contributed by atoms with E-state index in [4.69, 9.17) is 28.5 Å². The molecule has 0 aliphatic carbocycles. The third-order valence-electron chi connectivity index (χ3n) is 2.57. The van der Waals surface area contributed by atoms with E-state index in [9.17, 15) is 0 Å². The van der Waals surface area contributed by atoms with Gasteiger partial charge in [0, 0.05) is 5.02 Å². The minimum absolute atomic E-state index is 0.137. The van der Waals surface area contributed by atoms with Crippen LogP contribution in [0.1, 0.15) is 31.0 Å². The van der Waals surface area contributed by atoms with Crippen molar-refractivity contribution in [2.75, 3.05) is 0 Å². The molecule has 0 unspecified atom stereocenters. The zero-order chi connectivity index (χ0) is 13.3. The molecule has 0 N–H and O–H groups in total. The van der Waals surface area contributed by atoms with E-state index in [1.54, 1.807) is 16.8 Å². The van der Waals surface area contributed by atoms with Crippen molar-refractivity contribution in [1.82, 2.24) is 9.78 Å². The number of hydrogen-bond donors (Lipinski definition) is 0. The lowest BCUT2D eigenvalue weighted by molar-refractivity contribution is 0.767. The van der Waals surface area contributed by atoms with Crippen LogP contribution in [0.4, 0.5) is 0 Å². The number of aromatic nitrogens is 2. The zero-order valence-electron chi connectivity index (χ0n) is 9.98. The van der Waals surface area contributed by atoms with Crippen molar-refractivity contribution in [2.24, 2.45) is 0 Å². The van der Waals surface area contributed by atoms with Crippen LogP contribution in [-0.2, 0) is 0 Å². The zero-order valence-corrected chi connectivity index (χ0v) is 11.5. The minimum atomic E-state index is 0.137. The highest BCUT2D eigenvalue weighted by Gasteiger charge is 2.19. The molecule has 0 aliphatic rings. The summed E-state index contributed by atoms with van der Waals surface area (Å²) in [6.07, 6.45) is 0. The number of benzene rings is 1. The smallest absolute Gasteiger partial charge is 0.150 e. The maximum absolute atomic E-state index is 9.15. The van der Waals surface area contributed by atoms with Gasteiger partial charge in [-0.2, -0.15) is 10.4 Å². The SMILES string of the molecule is CC(C)c1nn(-c2cccc(Cl)c2)c(Cl)c1C#N. The van der Waals surface area contributed by atoms with Crippen molar-refractivity contribution in [2.45, 2.75) is 19.8 Å². The molecule has 0 fully saturated rings. The summed E-state index contributed by atoms with van der Waals surface area (Å²) >= 11 is 12.1. The lowest BCUT2D eigenvalue weighted by Crippen LogP contribution is -1.98. The van der Waals surface area contributed by atoms with E-state index in [2.05, 4.69) is 11.2 Å². The summed E-state index contributed by atoms with van der Waals surface area (Å²) in [6.45, 7) is 3.95. The molecular weight excluding hydrogens is 269 g/mol. The number of hydrogen-bond acceptors (Lipinski definition) is 2. The molecular formula is C13H11Cl2N3. The first-order valence-electron chi connectivity index (χ1n) is 5.49.